The number of nitrogens with one attached hydrogen (secondary N) is 1. The van der Waals surface area contributed by atoms with Gasteiger partial charge < -0.3 is 10.4 Å². The minimum atomic E-state index is -1.38. The second-order valence-electron chi connectivity index (χ2n) is 4.77. The molecule has 78 valence electrons. The molecule has 3 atom stereocenters. The number of carbonyl (C=O) groups excluding carboxylic acids is 1. The third-order valence-electron chi connectivity index (χ3n) is 2.08. The number of rotatable bonds is 1. The zero-order chi connectivity index (χ0) is 10.9. The molecule has 1 fully saturated rings. The fourth-order valence-corrected chi connectivity index (χ4v) is 1.90. The lowest BCUT2D eigenvalue weighted by Gasteiger charge is -2.35. The number of carbonyl (C=O) groups is 1. The Labute approximate surface area is 85.9 Å². The Balaban J connectivity index is 2.63. The molecule has 0 radical (unpaired) electrons. The lowest BCUT2D eigenvalue weighted by Crippen LogP contribution is -2.61. The van der Waals surface area contributed by atoms with Crippen molar-refractivity contribution in [2.24, 2.45) is 5.92 Å². The molecule has 0 aromatic heterocycles. The summed E-state index contributed by atoms with van der Waals surface area (Å²) in [5.41, 5.74) is 3.19. The molecule has 0 aromatic carbocycles. The van der Waals surface area contributed by atoms with Gasteiger partial charge in [-0.2, -0.15) is 0 Å². The van der Waals surface area contributed by atoms with Gasteiger partial charge in [-0.3, -0.25) is 4.79 Å². The van der Waals surface area contributed by atoms with Crippen molar-refractivity contribution in [1.29, 1.82) is 0 Å². The van der Waals surface area contributed by atoms with Crippen LogP contribution in [0.25, 0.3) is 0 Å². The van der Waals surface area contributed by atoms with E-state index in [1.165, 1.54) is 0 Å². The van der Waals surface area contributed by atoms with E-state index < -0.39 is 14.2 Å². The number of hydrogen-bond acceptors (Lipinski definition) is 2. The molecule has 0 bridgehead atoms. The monoisotopic (exact) mass is 211 g/mol. The van der Waals surface area contributed by atoms with Gasteiger partial charge in [-0.15, -0.1) is 5.54 Å². The Morgan fingerprint density at radius 3 is 2.43 bits per heavy atom. The molecular weight excluding hydrogens is 194 g/mol. The van der Waals surface area contributed by atoms with Crippen LogP contribution >= 0.6 is 0 Å². The zero-order valence-corrected chi connectivity index (χ0v) is 10.1. The normalized spacial score (nSPS) is 28.2. The second kappa shape index (κ2) is 3.75. The van der Waals surface area contributed by atoms with Gasteiger partial charge >= 0.3 is 0 Å². The average molecular weight is 211 g/mol. The van der Waals surface area contributed by atoms with Crippen LogP contribution in [0, 0.1) is 17.4 Å². The third kappa shape index (κ3) is 2.60. The first-order chi connectivity index (χ1) is 6.31. The Morgan fingerprint density at radius 1 is 1.50 bits per heavy atom. The molecule has 1 aliphatic heterocycles. The minimum Gasteiger partial charge on any atom is -0.392 e. The van der Waals surface area contributed by atoms with Crippen LogP contribution in [0.15, 0.2) is 0 Å². The first-order valence-electron chi connectivity index (χ1n) is 4.82. The second-order valence-corrected chi connectivity index (χ2v) is 9.52. The summed E-state index contributed by atoms with van der Waals surface area (Å²) < 4.78 is 0. The van der Waals surface area contributed by atoms with Gasteiger partial charge in [-0.1, -0.05) is 25.6 Å². The van der Waals surface area contributed by atoms with E-state index in [1.54, 1.807) is 6.92 Å². The molecule has 0 unspecified atom stereocenters. The van der Waals surface area contributed by atoms with Crippen LogP contribution in [0.4, 0.5) is 0 Å². The topological polar surface area (TPSA) is 49.3 Å². The highest BCUT2D eigenvalue weighted by Crippen LogP contribution is 2.18. The standard InChI is InChI=1S/C10H17NO2Si/c1-7(12)9-8(11-10(9)13)5-6-14(2,3)4/h7-9,12H,1-4H3,(H,11,13)/t7-,8-,9+/m1/s1. The molecule has 1 heterocycles. The number of aliphatic hydroxyl groups excluding tert-OH is 1. The van der Waals surface area contributed by atoms with Crippen LogP contribution in [0.2, 0.25) is 19.6 Å². The summed E-state index contributed by atoms with van der Waals surface area (Å²) in [7, 11) is -1.38. The molecule has 1 amide bonds. The lowest BCUT2D eigenvalue weighted by molar-refractivity contribution is -0.138. The SMILES string of the molecule is C[C@@H](O)[C@@H]1C(=O)N[C@@H]1C#C[Si](C)(C)C. The number of β-lactam (4-membered cyclic amide) rings is 1. The van der Waals surface area contributed by atoms with Crippen LogP contribution in [0.5, 0.6) is 0 Å². The molecule has 1 aliphatic rings. The molecule has 4 heteroatoms. The van der Waals surface area contributed by atoms with Crippen LogP contribution in [-0.4, -0.2) is 31.2 Å². The average Bonchev–Trinajstić information content (AvgIpc) is 1.93. The van der Waals surface area contributed by atoms with Gasteiger partial charge in [0.1, 0.15) is 14.1 Å². The first-order valence-corrected chi connectivity index (χ1v) is 8.32. The van der Waals surface area contributed by atoms with Crippen molar-refractivity contribution in [2.45, 2.75) is 38.7 Å². The van der Waals surface area contributed by atoms with Gasteiger partial charge in [0.05, 0.1) is 12.0 Å². The predicted molar refractivity (Wildman–Crippen MR) is 58.2 cm³/mol. The fraction of sp³-hybridized carbons (Fsp3) is 0.700. The minimum absolute atomic E-state index is 0.0881. The van der Waals surface area contributed by atoms with E-state index in [2.05, 4.69) is 36.4 Å². The van der Waals surface area contributed by atoms with Crippen molar-refractivity contribution in [1.82, 2.24) is 5.32 Å². The van der Waals surface area contributed by atoms with Crippen molar-refractivity contribution < 1.29 is 9.90 Å². The molecule has 1 rings (SSSR count). The Bertz CT molecular complexity index is 295. The Morgan fingerprint density at radius 2 is 2.07 bits per heavy atom. The molecule has 14 heavy (non-hydrogen) atoms. The first kappa shape index (κ1) is 11.3. The van der Waals surface area contributed by atoms with E-state index in [0.29, 0.717) is 0 Å². The predicted octanol–water partition coefficient (Wildman–Crippen LogP) is 0.363. The molecule has 0 spiro atoms. The van der Waals surface area contributed by atoms with Gasteiger partial charge in [0.15, 0.2) is 0 Å². The smallest absolute Gasteiger partial charge is 0.229 e. The van der Waals surface area contributed by atoms with Crippen LogP contribution in [0.1, 0.15) is 6.92 Å². The van der Waals surface area contributed by atoms with Crippen molar-refractivity contribution >= 4 is 14.0 Å². The van der Waals surface area contributed by atoms with Crippen molar-refractivity contribution in [3.8, 4) is 11.5 Å². The molecule has 0 aromatic rings. The highest BCUT2D eigenvalue weighted by Gasteiger charge is 2.41. The van der Waals surface area contributed by atoms with Gasteiger partial charge in [0, 0.05) is 0 Å². The van der Waals surface area contributed by atoms with E-state index in [4.69, 9.17) is 0 Å². The van der Waals surface area contributed by atoms with Gasteiger partial charge in [0.2, 0.25) is 5.91 Å². The summed E-state index contributed by atoms with van der Waals surface area (Å²) in [4.78, 5) is 11.1. The van der Waals surface area contributed by atoms with E-state index in [9.17, 15) is 9.90 Å². The molecule has 3 nitrogen and oxygen atoms in total. The van der Waals surface area contributed by atoms with E-state index >= 15 is 0 Å². The highest BCUT2D eigenvalue weighted by atomic mass is 28.3. The van der Waals surface area contributed by atoms with Crippen LogP contribution in [0.3, 0.4) is 0 Å². The fourth-order valence-electron chi connectivity index (χ4n) is 1.31. The van der Waals surface area contributed by atoms with E-state index in [1.807, 2.05) is 0 Å². The van der Waals surface area contributed by atoms with Gasteiger partial charge in [-0.25, -0.2) is 0 Å². The van der Waals surface area contributed by atoms with E-state index in [0.717, 1.165) is 0 Å². The summed E-state index contributed by atoms with van der Waals surface area (Å²) in [6.07, 6.45) is -0.607. The number of amides is 1. The lowest BCUT2D eigenvalue weighted by atomic mass is 9.87. The van der Waals surface area contributed by atoms with Gasteiger partial charge in [-0.05, 0) is 6.92 Å². The largest absolute Gasteiger partial charge is 0.392 e. The summed E-state index contributed by atoms with van der Waals surface area (Å²) in [5.74, 6) is 2.62. The Kier molecular flexibility index (Phi) is 3.03. The summed E-state index contributed by atoms with van der Waals surface area (Å²) >= 11 is 0. The number of hydrogen-bond donors (Lipinski definition) is 2. The van der Waals surface area contributed by atoms with Crippen LogP contribution < -0.4 is 5.32 Å². The molecular formula is C10H17NO2Si. The van der Waals surface area contributed by atoms with Crippen LogP contribution in [-0.2, 0) is 4.79 Å². The summed E-state index contributed by atoms with van der Waals surface area (Å²) in [6, 6.07) is -0.144. The molecule has 0 aliphatic carbocycles. The Hall–Kier alpha value is -0.793. The zero-order valence-electron chi connectivity index (χ0n) is 9.09. The van der Waals surface area contributed by atoms with E-state index in [-0.39, 0.29) is 17.9 Å². The maximum Gasteiger partial charge on any atom is 0.229 e. The summed E-state index contributed by atoms with van der Waals surface area (Å²) in [5, 5.41) is 12.0. The van der Waals surface area contributed by atoms with Crippen molar-refractivity contribution in [2.75, 3.05) is 0 Å². The summed E-state index contributed by atoms with van der Waals surface area (Å²) in [6.45, 7) is 8.08. The van der Waals surface area contributed by atoms with Gasteiger partial charge in [0.25, 0.3) is 0 Å². The number of aliphatic hydroxyl groups is 1. The maximum atomic E-state index is 11.1. The van der Waals surface area contributed by atoms with Crippen molar-refractivity contribution in [3.05, 3.63) is 0 Å². The molecule has 0 saturated carbocycles. The molecule has 2 N–H and O–H groups in total. The molecule has 1 saturated heterocycles. The third-order valence-corrected chi connectivity index (χ3v) is 2.98. The quantitative estimate of drug-likeness (QED) is 0.374. The highest BCUT2D eigenvalue weighted by molar-refractivity contribution is 6.83. The maximum absolute atomic E-state index is 11.1. The van der Waals surface area contributed by atoms with Crippen molar-refractivity contribution in [3.63, 3.8) is 0 Å².